The molecule has 0 aromatic heterocycles. The van der Waals surface area contributed by atoms with Crippen molar-refractivity contribution in [3.8, 4) is 0 Å². The second kappa shape index (κ2) is 4.37. The summed E-state index contributed by atoms with van der Waals surface area (Å²) in [5.74, 6) is 0.117. The molecule has 1 heterocycles. The molecule has 1 rings (SSSR count). The Balaban J connectivity index is 2.76. The normalized spacial score (nSPS) is 27.8. The summed E-state index contributed by atoms with van der Waals surface area (Å²) >= 11 is 3.25. The smallest absolute Gasteiger partial charge is 0.243 e. The van der Waals surface area contributed by atoms with E-state index in [0.717, 1.165) is 4.38 Å². The van der Waals surface area contributed by atoms with E-state index in [2.05, 4.69) is 18.8 Å². The van der Waals surface area contributed by atoms with Gasteiger partial charge >= 0.3 is 0 Å². The van der Waals surface area contributed by atoms with Gasteiger partial charge in [-0.3, -0.25) is 9.79 Å². The van der Waals surface area contributed by atoms with Crippen molar-refractivity contribution in [2.75, 3.05) is 6.26 Å². The van der Waals surface area contributed by atoms with E-state index in [0.29, 0.717) is 5.92 Å². The Hall–Kier alpha value is -0.160. The lowest BCUT2D eigenvalue weighted by Gasteiger charge is -2.17. The zero-order valence-electron chi connectivity index (χ0n) is 7.98. The van der Waals surface area contributed by atoms with Crippen molar-refractivity contribution < 1.29 is 4.79 Å². The topological polar surface area (TPSA) is 55.4 Å². The fourth-order valence-corrected chi connectivity index (χ4v) is 3.17. The van der Waals surface area contributed by atoms with Gasteiger partial charge in [0.15, 0.2) is 0 Å². The molecule has 0 saturated heterocycles. The molecule has 1 amide bonds. The number of carbonyl (C=O) groups excluding carboxylic acids is 1. The first-order chi connectivity index (χ1) is 6.06. The maximum Gasteiger partial charge on any atom is 0.243 e. The van der Waals surface area contributed by atoms with Crippen molar-refractivity contribution in [3.05, 3.63) is 0 Å². The number of rotatable bonds is 2. The van der Waals surface area contributed by atoms with Gasteiger partial charge < -0.3 is 5.73 Å². The molecule has 0 aromatic carbocycles. The van der Waals surface area contributed by atoms with Crippen LogP contribution in [0.15, 0.2) is 4.99 Å². The van der Waals surface area contributed by atoms with Crippen LogP contribution in [0, 0.1) is 5.92 Å². The predicted octanol–water partition coefficient (Wildman–Crippen LogP) is 1.33. The molecule has 1 aliphatic heterocycles. The molecule has 2 atom stereocenters. The van der Waals surface area contributed by atoms with Crippen molar-refractivity contribution >= 4 is 33.8 Å². The summed E-state index contributed by atoms with van der Waals surface area (Å²) in [5, 5.41) is 0.222. The third-order valence-electron chi connectivity index (χ3n) is 1.92. The Morgan fingerprint density at radius 3 is 2.62 bits per heavy atom. The van der Waals surface area contributed by atoms with Gasteiger partial charge in [0.05, 0.1) is 0 Å². The molecule has 0 fully saturated rings. The lowest BCUT2D eigenvalue weighted by molar-refractivity contribution is -0.119. The third kappa shape index (κ3) is 2.40. The molecule has 13 heavy (non-hydrogen) atoms. The summed E-state index contributed by atoms with van der Waals surface area (Å²) in [7, 11) is 0. The fourth-order valence-electron chi connectivity index (χ4n) is 1.23. The summed E-state index contributed by atoms with van der Waals surface area (Å²) in [6.45, 7) is 4.18. The van der Waals surface area contributed by atoms with E-state index < -0.39 is 0 Å². The van der Waals surface area contributed by atoms with Crippen LogP contribution in [0.5, 0.6) is 0 Å². The maximum atomic E-state index is 11.1. The highest BCUT2D eigenvalue weighted by Gasteiger charge is 2.35. The van der Waals surface area contributed by atoms with E-state index in [4.69, 9.17) is 5.73 Å². The van der Waals surface area contributed by atoms with E-state index >= 15 is 0 Å². The minimum atomic E-state index is -0.326. The number of nitrogens with two attached hydrogens (primary N) is 1. The SMILES string of the molecule is CSC1=NC(C(N)=O)C(C(C)C)S1. The van der Waals surface area contributed by atoms with Crippen molar-refractivity contribution in [3.63, 3.8) is 0 Å². The predicted molar refractivity (Wildman–Crippen MR) is 60.1 cm³/mol. The van der Waals surface area contributed by atoms with Crippen LogP contribution in [-0.2, 0) is 4.79 Å². The first-order valence-electron chi connectivity index (χ1n) is 4.14. The van der Waals surface area contributed by atoms with Crippen LogP contribution in [0.3, 0.4) is 0 Å². The van der Waals surface area contributed by atoms with Gasteiger partial charge in [-0.05, 0) is 12.2 Å². The Bertz CT molecular complexity index is 240. The van der Waals surface area contributed by atoms with Crippen LogP contribution >= 0.6 is 23.5 Å². The fraction of sp³-hybridized carbons (Fsp3) is 0.750. The molecule has 0 radical (unpaired) electrons. The minimum absolute atomic E-state index is 0.222. The number of primary amides is 1. The summed E-state index contributed by atoms with van der Waals surface area (Å²) in [6, 6.07) is -0.326. The molecule has 0 bridgehead atoms. The number of thioether (sulfide) groups is 2. The molecule has 2 N–H and O–H groups in total. The number of nitrogens with zero attached hydrogens (tertiary/aromatic N) is 1. The zero-order chi connectivity index (χ0) is 10.0. The zero-order valence-corrected chi connectivity index (χ0v) is 9.61. The Morgan fingerprint density at radius 1 is 1.69 bits per heavy atom. The molecule has 3 nitrogen and oxygen atoms in total. The van der Waals surface area contributed by atoms with Crippen LogP contribution in [0.1, 0.15) is 13.8 Å². The summed E-state index contributed by atoms with van der Waals surface area (Å²) in [4.78, 5) is 15.3. The molecule has 0 saturated carbocycles. The molecule has 0 aliphatic carbocycles. The first kappa shape index (κ1) is 10.9. The summed E-state index contributed by atoms with van der Waals surface area (Å²) in [6.07, 6.45) is 1.96. The van der Waals surface area contributed by atoms with Gasteiger partial charge in [-0.25, -0.2) is 0 Å². The minimum Gasteiger partial charge on any atom is -0.368 e. The van der Waals surface area contributed by atoms with Gasteiger partial charge in [-0.2, -0.15) is 0 Å². The third-order valence-corrected chi connectivity index (χ3v) is 4.54. The molecular weight excluding hydrogens is 204 g/mol. The van der Waals surface area contributed by atoms with Gasteiger partial charge in [0.1, 0.15) is 10.4 Å². The van der Waals surface area contributed by atoms with E-state index in [9.17, 15) is 4.79 Å². The second-order valence-electron chi connectivity index (χ2n) is 3.27. The van der Waals surface area contributed by atoms with Gasteiger partial charge in [-0.15, -0.1) is 11.8 Å². The average Bonchev–Trinajstić information content (AvgIpc) is 2.47. The highest BCUT2D eigenvalue weighted by molar-refractivity contribution is 8.39. The Labute approximate surface area is 86.9 Å². The Kier molecular flexibility index (Phi) is 3.67. The first-order valence-corrected chi connectivity index (χ1v) is 6.24. The lowest BCUT2D eigenvalue weighted by Crippen LogP contribution is -2.35. The number of amides is 1. The molecule has 0 spiro atoms. The van der Waals surface area contributed by atoms with Crippen LogP contribution in [0.2, 0.25) is 0 Å². The van der Waals surface area contributed by atoms with Crippen molar-refractivity contribution in [2.45, 2.75) is 25.1 Å². The van der Waals surface area contributed by atoms with Crippen LogP contribution in [-0.4, -0.2) is 27.8 Å². The van der Waals surface area contributed by atoms with Crippen molar-refractivity contribution in [1.29, 1.82) is 0 Å². The van der Waals surface area contributed by atoms with E-state index in [-0.39, 0.29) is 17.2 Å². The number of aliphatic imine (C=N–C) groups is 1. The largest absolute Gasteiger partial charge is 0.368 e. The van der Waals surface area contributed by atoms with Crippen molar-refractivity contribution in [2.24, 2.45) is 16.6 Å². The summed E-state index contributed by atoms with van der Waals surface area (Å²) < 4.78 is 0.975. The number of hydrogen-bond acceptors (Lipinski definition) is 4. The maximum absolute atomic E-state index is 11.1. The van der Waals surface area contributed by atoms with Crippen LogP contribution in [0.25, 0.3) is 0 Å². The average molecular weight is 218 g/mol. The van der Waals surface area contributed by atoms with Crippen LogP contribution in [0.4, 0.5) is 0 Å². The van der Waals surface area contributed by atoms with Gasteiger partial charge in [-0.1, -0.05) is 25.6 Å². The van der Waals surface area contributed by atoms with Gasteiger partial charge in [0.25, 0.3) is 0 Å². The molecule has 74 valence electrons. The monoisotopic (exact) mass is 218 g/mol. The molecular formula is C8H14N2OS2. The molecule has 0 aromatic rings. The molecule has 2 unspecified atom stereocenters. The van der Waals surface area contributed by atoms with E-state index in [1.807, 2.05) is 6.26 Å². The van der Waals surface area contributed by atoms with E-state index in [1.165, 1.54) is 0 Å². The van der Waals surface area contributed by atoms with E-state index in [1.54, 1.807) is 23.5 Å². The van der Waals surface area contributed by atoms with Gasteiger partial charge in [0.2, 0.25) is 5.91 Å². The second-order valence-corrected chi connectivity index (χ2v) is 5.49. The van der Waals surface area contributed by atoms with Gasteiger partial charge in [0, 0.05) is 5.25 Å². The Morgan fingerprint density at radius 2 is 2.31 bits per heavy atom. The molecule has 5 heteroatoms. The molecule has 1 aliphatic rings. The number of carbonyl (C=O) groups is 1. The highest BCUT2D eigenvalue weighted by atomic mass is 32.2. The summed E-state index contributed by atoms with van der Waals surface area (Å²) in [5.41, 5.74) is 5.27. The quantitative estimate of drug-likeness (QED) is 0.760. The van der Waals surface area contributed by atoms with Crippen molar-refractivity contribution in [1.82, 2.24) is 0 Å². The van der Waals surface area contributed by atoms with Crippen LogP contribution < -0.4 is 5.73 Å². The lowest BCUT2D eigenvalue weighted by atomic mass is 10.0. The number of hydrogen-bond donors (Lipinski definition) is 1. The standard InChI is InChI=1S/C8H14N2OS2/c1-4(2)6-5(7(9)11)10-8(12-3)13-6/h4-6H,1-3H3,(H2,9,11). The highest BCUT2D eigenvalue weighted by Crippen LogP contribution is 2.35.